The Kier molecular flexibility index (Phi) is 7.01. The minimum atomic E-state index is -1.20. The van der Waals surface area contributed by atoms with E-state index in [2.05, 4.69) is 5.32 Å². The molecule has 1 saturated heterocycles. The number of carbonyl (C=O) groups excluding carboxylic acids is 2. The highest BCUT2D eigenvalue weighted by atomic mass is 16.6. The number of aromatic hydroxyl groups is 1. The minimum Gasteiger partial charge on any atom is -0.508 e. The third-order valence-corrected chi connectivity index (χ3v) is 7.32. The molecule has 0 aromatic heterocycles. The number of ether oxygens (including phenoxy) is 2. The number of amides is 2. The number of rotatable bonds is 7. The van der Waals surface area contributed by atoms with Gasteiger partial charge in [-0.15, -0.1) is 0 Å². The SMILES string of the molecule is CC1(C)OC[C@@H](C(=O)O)N1C(=O)[C@H](Cc1ccc(O)cc1)NC(=O)OCC1c2ccccc2-c2ccccc21. The maximum absolute atomic E-state index is 13.7. The second-order valence-electron chi connectivity index (χ2n) is 10.2. The van der Waals surface area contributed by atoms with Gasteiger partial charge in [-0.05, 0) is 53.8 Å². The first-order chi connectivity index (χ1) is 18.7. The van der Waals surface area contributed by atoms with Gasteiger partial charge in [0.05, 0.1) is 6.61 Å². The van der Waals surface area contributed by atoms with Crippen molar-refractivity contribution in [2.75, 3.05) is 13.2 Å². The van der Waals surface area contributed by atoms with Crippen LogP contribution in [0, 0.1) is 0 Å². The number of nitrogens with one attached hydrogen (secondary N) is 1. The lowest BCUT2D eigenvalue weighted by Gasteiger charge is -2.35. The van der Waals surface area contributed by atoms with Crippen LogP contribution in [-0.4, -0.2) is 64.1 Å². The summed E-state index contributed by atoms with van der Waals surface area (Å²) in [5, 5.41) is 22.0. The fraction of sp³-hybridized carbons (Fsp3) is 0.300. The van der Waals surface area contributed by atoms with E-state index in [1.54, 1.807) is 26.0 Å². The number of fused-ring (bicyclic) bond motifs is 3. The smallest absolute Gasteiger partial charge is 0.407 e. The van der Waals surface area contributed by atoms with Crippen molar-refractivity contribution in [2.24, 2.45) is 0 Å². The fourth-order valence-electron chi connectivity index (χ4n) is 5.42. The molecule has 1 fully saturated rings. The van der Waals surface area contributed by atoms with Crippen molar-refractivity contribution in [3.63, 3.8) is 0 Å². The van der Waals surface area contributed by atoms with Gasteiger partial charge in [-0.3, -0.25) is 9.69 Å². The lowest BCUT2D eigenvalue weighted by atomic mass is 9.98. The molecule has 0 radical (unpaired) electrons. The first-order valence-corrected chi connectivity index (χ1v) is 12.7. The topological polar surface area (TPSA) is 125 Å². The monoisotopic (exact) mass is 530 g/mol. The standard InChI is InChI=1S/C30H30N2O7/c1-30(2)32(26(17-39-30)28(35)36)27(34)25(15-18-11-13-19(33)14-12-18)31-29(37)38-16-24-22-9-5-3-7-20(22)21-8-4-6-10-23(21)24/h3-14,24-26,33H,15-17H2,1-2H3,(H,31,37)(H,35,36)/t25-,26-/m0/s1. The molecule has 5 rings (SSSR count). The zero-order valence-corrected chi connectivity index (χ0v) is 21.7. The van der Waals surface area contributed by atoms with Gasteiger partial charge in [0.1, 0.15) is 24.1 Å². The van der Waals surface area contributed by atoms with Gasteiger partial charge in [-0.2, -0.15) is 0 Å². The Morgan fingerprint density at radius 2 is 1.59 bits per heavy atom. The lowest BCUT2D eigenvalue weighted by Crippen LogP contribution is -2.58. The summed E-state index contributed by atoms with van der Waals surface area (Å²) in [6, 6.07) is 19.8. The summed E-state index contributed by atoms with van der Waals surface area (Å²) >= 11 is 0. The zero-order valence-electron chi connectivity index (χ0n) is 21.7. The Morgan fingerprint density at radius 3 is 2.18 bits per heavy atom. The number of hydrogen-bond donors (Lipinski definition) is 3. The molecule has 0 saturated carbocycles. The summed E-state index contributed by atoms with van der Waals surface area (Å²) in [5.74, 6) is -1.90. The van der Waals surface area contributed by atoms with Crippen molar-refractivity contribution in [1.29, 1.82) is 0 Å². The van der Waals surface area contributed by atoms with Crippen LogP contribution in [-0.2, 0) is 25.5 Å². The van der Waals surface area contributed by atoms with E-state index in [1.165, 1.54) is 12.1 Å². The van der Waals surface area contributed by atoms with Crippen molar-refractivity contribution >= 4 is 18.0 Å². The van der Waals surface area contributed by atoms with Gasteiger partial charge in [0.2, 0.25) is 5.91 Å². The van der Waals surface area contributed by atoms with Gasteiger partial charge in [-0.25, -0.2) is 9.59 Å². The lowest BCUT2D eigenvalue weighted by molar-refractivity contribution is -0.156. The Labute approximate surface area is 226 Å². The quantitative estimate of drug-likeness (QED) is 0.423. The molecule has 3 aromatic carbocycles. The molecule has 0 spiro atoms. The maximum atomic E-state index is 13.7. The van der Waals surface area contributed by atoms with E-state index in [0.29, 0.717) is 5.56 Å². The van der Waals surface area contributed by atoms with Gasteiger partial charge >= 0.3 is 12.1 Å². The second kappa shape index (κ2) is 10.4. The molecule has 202 valence electrons. The number of carbonyl (C=O) groups is 3. The van der Waals surface area contributed by atoms with Crippen LogP contribution in [0.4, 0.5) is 4.79 Å². The number of aliphatic carboxylic acids is 1. The number of alkyl carbamates (subject to hydrolysis) is 1. The molecule has 9 heteroatoms. The first-order valence-electron chi connectivity index (χ1n) is 12.7. The molecule has 1 heterocycles. The van der Waals surface area contributed by atoms with Crippen LogP contribution in [0.5, 0.6) is 5.75 Å². The van der Waals surface area contributed by atoms with E-state index in [1.807, 2.05) is 48.5 Å². The van der Waals surface area contributed by atoms with E-state index in [9.17, 15) is 24.6 Å². The highest BCUT2D eigenvalue weighted by molar-refractivity contribution is 5.90. The molecule has 2 atom stereocenters. The van der Waals surface area contributed by atoms with Gasteiger partial charge in [0.15, 0.2) is 6.04 Å². The van der Waals surface area contributed by atoms with E-state index in [0.717, 1.165) is 27.2 Å². The Morgan fingerprint density at radius 1 is 1.00 bits per heavy atom. The molecule has 3 aromatic rings. The summed E-state index contributed by atoms with van der Waals surface area (Å²) < 4.78 is 11.3. The third-order valence-electron chi connectivity index (χ3n) is 7.32. The number of carboxylic acids is 1. The van der Waals surface area contributed by atoms with E-state index in [4.69, 9.17) is 9.47 Å². The first kappa shape index (κ1) is 26.2. The molecule has 39 heavy (non-hydrogen) atoms. The van der Waals surface area contributed by atoms with Crippen molar-refractivity contribution < 1.29 is 34.1 Å². The van der Waals surface area contributed by atoms with Crippen LogP contribution >= 0.6 is 0 Å². The van der Waals surface area contributed by atoms with E-state index in [-0.39, 0.29) is 31.3 Å². The number of nitrogens with zero attached hydrogens (tertiary/aromatic N) is 1. The zero-order chi connectivity index (χ0) is 27.7. The molecule has 2 aliphatic rings. The Hall–Kier alpha value is -4.37. The van der Waals surface area contributed by atoms with Gasteiger partial charge in [0, 0.05) is 12.3 Å². The van der Waals surface area contributed by atoms with E-state index < -0.39 is 35.8 Å². The van der Waals surface area contributed by atoms with Crippen LogP contribution in [0.3, 0.4) is 0 Å². The fourth-order valence-corrected chi connectivity index (χ4v) is 5.42. The molecule has 1 aliphatic carbocycles. The predicted molar refractivity (Wildman–Crippen MR) is 142 cm³/mol. The van der Waals surface area contributed by atoms with Crippen LogP contribution in [0.2, 0.25) is 0 Å². The number of phenolic OH excluding ortho intramolecular Hbond substituents is 1. The van der Waals surface area contributed by atoms with Crippen LogP contribution in [0.25, 0.3) is 11.1 Å². The highest BCUT2D eigenvalue weighted by Gasteiger charge is 2.49. The number of phenols is 1. The summed E-state index contributed by atoms with van der Waals surface area (Å²) in [6.07, 6.45) is -0.735. The number of benzene rings is 3. The van der Waals surface area contributed by atoms with Gasteiger partial charge < -0.3 is 25.0 Å². The van der Waals surface area contributed by atoms with Crippen molar-refractivity contribution in [2.45, 2.75) is 44.0 Å². The molecule has 3 N–H and O–H groups in total. The highest BCUT2D eigenvalue weighted by Crippen LogP contribution is 2.44. The van der Waals surface area contributed by atoms with Crippen LogP contribution in [0.1, 0.15) is 36.5 Å². The molecule has 9 nitrogen and oxygen atoms in total. The average molecular weight is 531 g/mol. The number of carboxylic acid groups (broad SMARTS) is 1. The summed E-state index contributed by atoms with van der Waals surface area (Å²) in [5.41, 5.74) is 3.79. The van der Waals surface area contributed by atoms with E-state index >= 15 is 0 Å². The van der Waals surface area contributed by atoms with Gasteiger partial charge in [-0.1, -0.05) is 60.7 Å². The molecule has 0 bridgehead atoms. The molecule has 0 unspecified atom stereocenters. The Balaban J connectivity index is 1.35. The average Bonchev–Trinajstić information content (AvgIpc) is 3.41. The molecule has 1 aliphatic heterocycles. The van der Waals surface area contributed by atoms with Gasteiger partial charge in [0.25, 0.3) is 0 Å². The Bertz CT molecular complexity index is 1360. The van der Waals surface area contributed by atoms with Crippen molar-refractivity contribution in [3.05, 3.63) is 89.5 Å². The number of hydrogen-bond acceptors (Lipinski definition) is 6. The van der Waals surface area contributed by atoms with Crippen molar-refractivity contribution in [3.8, 4) is 16.9 Å². The summed E-state index contributed by atoms with van der Waals surface area (Å²) in [4.78, 5) is 39.9. The summed E-state index contributed by atoms with van der Waals surface area (Å²) in [7, 11) is 0. The second-order valence-corrected chi connectivity index (χ2v) is 10.2. The maximum Gasteiger partial charge on any atom is 0.407 e. The normalized spacial score (nSPS) is 18.2. The van der Waals surface area contributed by atoms with Crippen molar-refractivity contribution in [1.82, 2.24) is 10.2 Å². The predicted octanol–water partition coefficient (Wildman–Crippen LogP) is 3.89. The van der Waals surface area contributed by atoms with Crippen LogP contribution < -0.4 is 5.32 Å². The largest absolute Gasteiger partial charge is 0.508 e. The summed E-state index contributed by atoms with van der Waals surface area (Å²) in [6.45, 7) is 3.12. The third kappa shape index (κ3) is 5.18. The molecular weight excluding hydrogens is 500 g/mol. The molecular formula is C30H30N2O7. The molecule has 2 amide bonds. The minimum absolute atomic E-state index is 0.0578. The van der Waals surface area contributed by atoms with Crippen LogP contribution in [0.15, 0.2) is 72.8 Å².